The van der Waals surface area contributed by atoms with Gasteiger partial charge in [-0.1, -0.05) is 30.3 Å². The summed E-state index contributed by atoms with van der Waals surface area (Å²) in [4.78, 5) is 23.9. The average molecular weight is 501 g/mol. The zero-order valence-electron chi connectivity index (χ0n) is 18.1. The number of hydrogen-bond donors (Lipinski definition) is 3. The summed E-state index contributed by atoms with van der Waals surface area (Å²) in [6.45, 7) is -0.531. The third-order valence-corrected chi connectivity index (χ3v) is 6.31. The van der Waals surface area contributed by atoms with Crippen LogP contribution >= 0.6 is 0 Å². The van der Waals surface area contributed by atoms with E-state index >= 15 is 0 Å². The molecule has 4 rings (SSSR count). The van der Waals surface area contributed by atoms with Gasteiger partial charge in [0.25, 0.3) is 5.91 Å². The summed E-state index contributed by atoms with van der Waals surface area (Å²) in [7, 11) is 0. The van der Waals surface area contributed by atoms with E-state index in [4.69, 9.17) is 4.74 Å². The summed E-state index contributed by atoms with van der Waals surface area (Å²) in [5, 5.41) is 8.04. The molecule has 0 saturated carbocycles. The highest BCUT2D eigenvalue weighted by atomic mass is 19.4. The summed E-state index contributed by atoms with van der Waals surface area (Å²) in [5.41, 5.74) is -4.36. The maximum atomic E-state index is 13.2. The van der Waals surface area contributed by atoms with E-state index in [2.05, 4.69) is 16.0 Å². The zero-order valence-corrected chi connectivity index (χ0v) is 18.1. The van der Waals surface area contributed by atoms with Gasteiger partial charge in [-0.3, -0.25) is 10.1 Å². The van der Waals surface area contributed by atoms with Crippen LogP contribution in [0.25, 0.3) is 0 Å². The molecule has 1 spiro atoms. The number of amides is 3. The molecule has 2 saturated heterocycles. The number of hydrogen-bond acceptors (Lipinski definition) is 4. The summed E-state index contributed by atoms with van der Waals surface area (Å²) in [6, 6.07) is 9.65. The topological polar surface area (TPSA) is 79.5 Å². The standard InChI is InChI=1S/C23H21F6N3O3/c24-22(25,26)16-8-14(9-17(10-16)23(27,28)29)11-35-13-21(15-4-2-1-3-5-15)7-6-20(12-30-21)18(33)31-19(34)32-20/h1-5,8-10,30H,6-7,11-13H2,(H2,31,32,33,34). The minimum atomic E-state index is -4.95. The summed E-state index contributed by atoms with van der Waals surface area (Å²) in [6.07, 6.45) is -9.35. The summed E-state index contributed by atoms with van der Waals surface area (Å²) < 4.78 is 84.6. The van der Waals surface area contributed by atoms with Gasteiger partial charge in [0, 0.05) is 6.54 Å². The van der Waals surface area contributed by atoms with Crippen molar-refractivity contribution < 1.29 is 40.7 Å². The lowest BCUT2D eigenvalue weighted by molar-refractivity contribution is -0.143. The Hall–Kier alpha value is -3.12. The lowest BCUT2D eigenvalue weighted by Crippen LogP contribution is -2.64. The van der Waals surface area contributed by atoms with Gasteiger partial charge in [-0.05, 0) is 42.2 Å². The molecule has 2 unspecified atom stereocenters. The largest absolute Gasteiger partial charge is 0.416 e. The molecule has 2 aromatic carbocycles. The van der Waals surface area contributed by atoms with Crippen molar-refractivity contribution in [2.24, 2.45) is 0 Å². The minimum Gasteiger partial charge on any atom is -0.374 e. The number of alkyl halides is 6. The molecule has 188 valence electrons. The molecule has 3 amide bonds. The Balaban J connectivity index is 1.54. The maximum absolute atomic E-state index is 13.2. The van der Waals surface area contributed by atoms with Gasteiger partial charge < -0.3 is 15.4 Å². The Labute approximate surface area is 196 Å². The predicted octanol–water partition coefficient (Wildman–Crippen LogP) is 4.10. The number of benzene rings is 2. The number of carbonyl (C=O) groups excluding carboxylic acids is 2. The third kappa shape index (κ3) is 5.13. The van der Waals surface area contributed by atoms with E-state index in [9.17, 15) is 35.9 Å². The highest BCUT2D eigenvalue weighted by Crippen LogP contribution is 2.38. The molecular weight excluding hydrogens is 480 g/mol. The lowest BCUT2D eigenvalue weighted by atomic mass is 9.76. The van der Waals surface area contributed by atoms with Gasteiger partial charge in [0.15, 0.2) is 0 Å². The Morgan fingerprint density at radius 2 is 1.51 bits per heavy atom. The average Bonchev–Trinajstić information content (AvgIpc) is 3.07. The van der Waals surface area contributed by atoms with E-state index in [-0.39, 0.29) is 31.2 Å². The number of carbonyl (C=O) groups is 2. The van der Waals surface area contributed by atoms with Crippen LogP contribution in [0, 0.1) is 0 Å². The molecule has 12 heteroatoms. The number of nitrogens with one attached hydrogen (secondary N) is 3. The molecule has 0 bridgehead atoms. The van der Waals surface area contributed by atoms with Crippen LogP contribution in [-0.4, -0.2) is 30.6 Å². The van der Waals surface area contributed by atoms with Crippen molar-refractivity contribution in [3.8, 4) is 0 Å². The third-order valence-electron chi connectivity index (χ3n) is 6.31. The van der Waals surface area contributed by atoms with E-state index in [1.807, 2.05) is 0 Å². The second-order valence-electron chi connectivity index (χ2n) is 8.70. The van der Waals surface area contributed by atoms with Crippen LogP contribution in [0.5, 0.6) is 0 Å². The Kier molecular flexibility index (Phi) is 6.30. The molecular formula is C23H21F6N3O3. The van der Waals surface area contributed by atoms with E-state index in [1.54, 1.807) is 30.3 Å². The van der Waals surface area contributed by atoms with Gasteiger partial charge in [0.1, 0.15) is 5.54 Å². The SMILES string of the molecule is O=C1NC(=O)C2(CCC(COCc3cc(C(F)(F)F)cc(C(F)(F)F)c3)(c3ccccc3)NC2)N1. The second kappa shape index (κ2) is 8.83. The molecule has 2 aliphatic heterocycles. The van der Waals surface area contributed by atoms with Gasteiger partial charge in [-0.15, -0.1) is 0 Å². The van der Waals surface area contributed by atoms with Crippen LogP contribution in [0.1, 0.15) is 35.1 Å². The van der Waals surface area contributed by atoms with Crippen LogP contribution in [0.15, 0.2) is 48.5 Å². The first-order valence-corrected chi connectivity index (χ1v) is 10.6. The van der Waals surface area contributed by atoms with E-state index in [0.29, 0.717) is 18.6 Å². The van der Waals surface area contributed by atoms with Crippen LogP contribution in [0.2, 0.25) is 0 Å². The molecule has 0 radical (unpaired) electrons. The predicted molar refractivity (Wildman–Crippen MR) is 111 cm³/mol. The molecule has 2 aliphatic rings. The van der Waals surface area contributed by atoms with Gasteiger partial charge in [0.2, 0.25) is 0 Å². The highest BCUT2D eigenvalue weighted by molar-refractivity contribution is 6.07. The van der Waals surface area contributed by atoms with Gasteiger partial charge in [-0.25, -0.2) is 4.79 Å². The maximum Gasteiger partial charge on any atom is 0.416 e. The van der Waals surface area contributed by atoms with Crippen LogP contribution < -0.4 is 16.0 Å². The minimum absolute atomic E-state index is 0.0601. The molecule has 2 fully saturated rings. The fourth-order valence-corrected chi connectivity index (χ4v) is 4.41. The van der Waals surface area contributed by atoms with E-state index in [1.165, 1.54) is 0 Å². The molecule has 2 heterocycles. The fraction of sp³-hybridized carbons (Fsp3) is 0.391. The molecule has 0 aromatic heterocycles. The van der Waals surface area contributed by atoms with Crippen molar-refractivity contribution in [3.63, 3.8) is 0 Å². The van der Waals surface area contributed by atoms with Gasteiger partial charge in [0.05, 0.1) is 29.9 Å². The van der Waals surface area contributed by atoms with E-state index < -0.39 is 53.1 Å². The number of urea groups is 1. The fourth-order valence-electron chi connectivity index (χ4n) is 4.41. The monoisotopic (exact) mass is 501 g/mol. The molecule has 0 aliphatic carbocycles. The second-order valence-corrected chi connectivity index (χ2v) is 8.70. The smallest absolute Gasteiger partial charge is 0.374 e. The number of ether oxygens (including phenoxy) is 1. The van der Waals surface area contributed by atoms with Gasteiger partial charge >= 0.3 is 18.4 Å². The van der Waals surface area contributed by atoms with Crippen LogP contribution in [-0.2, 0) is 34.0 Å². The Morgan fingerprint density at radius 1 is 0.886 bits per heavy atom. The normalized spacial score (nSPS) is 25.0. The Bertz CT molecular complexity index is 1080. The molecule has 6 nitrogen and oxygen atoms in total. The van der Waals surface area contributed by atoms with Crippen LogP contribution in [0.3, 0.4) is 0 Å². The van der Waals surface area contributed by atoms with Crippen molar-refractivity contribution in [2.75, 3.05) is 13.2 Å². The van der Waals surface area contributed by atoms with Crippen molar-refractivity contribution in [3.05, 3.63) is 70.8 Å². The van der Waals surface area contributed by atoms with Crippen molar-refractivity contribution in [2.45, 2.75) is 42.9 Å². The quantitative estimate of drug-likeness (QED) is 0.426. The molecule has 3 N–H and O–H groups in total. The van der Waals surface area contributed by atoms with E-state index in [0.717, 1.165) is 5.56 Å². The first kappa shape index (κ1) is 25.0. The molecule has 2 aromatic rings. The number of halogens is 6. The van der Waals surface area contributed by atoms with Crippen LogP contribution in [0.4, 0.5) is 31.1 Å². The first-order valence-electron chi connectivity index (χ1n) is 10.6. The van der Waals surface area contributed by atoms with Crippen molar-refractivity contribution in [1.29, 1.82) is 0 Å². The highest BCUT2D eigenvalue weighted by Gasteiger charge is 2.52. The van der Waals surface area contributed by atoms with Gasteiger partial charge in [-0.2, -0.15) is 26.3 Å². The summed E-state index contributed by atoms with van der Waals surface area (Å²) >= 11 is 0. The lowest BCUT2D eigenvalue weighted by Gasteiger charge is -2.44. The molecule has 35 heavy (non-hydrogen) atoms. The number of imide groups is 1. The summed E-state index contributed by atoms with van der Waals surface area (Å²) in [5.74, 6) is -0.471. The van der Waals surface area contributed by atoms with Crippen molar-refractivity contribution in [1.82, 2.24) is 16.0 Å². The molecule has 2 atom stereocenters. The van der Waals surface area contributed by atoms with Crippen molar-refractivity contribution >= 4 is 11.9 Å². The Morgan fingerprint density at radius 3 is 2.00 bits per heavy atom. The number of rotatable bonds is 5. The number of piperidine rings is 1. The zero-order chi connectivity index (χ0) is 25.5. The first-order chi connectivity index (χ1) is 16.3.